The molecule has 1 fully saturated rings. The third-order valence-electron chi connectivity index (χ3n) is 4.57. The number of halogens is 2. The Labute approximate surface area is 190 Å². The van der Waals surface area contributed by atoms with Crippen molar-refractivity contribution in [3.63, 3.8) is 0 Å². The summed E-state index contributed by atoms with van der Waals surface area (Å²) in [6.07, 6.45) is 4.33. The Hall–Kier alpha value is -1.21. The molecule has 166 valence electrons. The lowest BCUT2D eigenvalue weighted by molar-refractivity contribution is 0.427. The van der Waals surface area contributed by atoms with E-state index in [0.717, 1.165) is 19.5 Å². The van der Waals surface area contributed by atoms with E-state index in [1.54, 1.807) is 12.3 Å². The van der Waals surface area contributed by atoms with Gasteiger partial charge in [-0.1, -0.05) is 6.92 Å². The fraction of sp³-hybridized carbons (Fsp3) is 0.667. The molecule has 1 unspecified atom stereocenters. The van der Waals surface area contributed by atoms with Crippen molar-refractivity contribution in [2.45, 2.75) is 32.7 Å². The van der Waals surface area contributed by atoms with E-state index in [0.29, 0.717) is 44.4 Å². The van der Waals surface area contributed by atoms with Crippen molar-refractivity contribution in [2.75, 3.05) is 50.4 Å². The molecule has 0 spiro atoms. The maximum absolute atomic E-state index is 13.9. The van der Waals surface area contributed by atoms with Crippen LogP contribution in [0.2, 0.25) is 0 Å². The monoisotopic (exact) mass is 542 g/mol. The first-order valence-electron chi connectivity index (χ1n) is 9.70. The number of guanidine groups is 1. The molecule has 1 aromatic rings. The van der Waals surface area contributed by atoms with Gasteiger partial charge in [0.1, 0.15) is 0 Å². The molecular weight excluding hydrogens is 510 g/mol. The van der Waals surface area contributed by atoms with Gasteiger partial charge in [-0.15, -0.1) is 24.0 Å². The Kier molecular flexibility index (Phi) is 11.1. The van der Waals surface area contributed by atoms with Gasteiger partial charge in [0.05, 0.1) is 6.26 Å². The molecule has 0 aromatic carbocycles. The molecule has 2 N–H and O–H groups in total. The minimum atomic E-state index is -3.17. The molecule has 0 radical (unpaired) electrons. The van der Waals surface area contributed by atoms with Gasteiger partial charge < -0.3 is 15.5 Å². The van der Waals surface area contributed by atoms with Gasteiger partial charge in [-0.3, -0.25) is 4.99 Å². The summed E-state index contributed by atoms with van der Waals surface area (Å²) in [7, 11) is -3.17. The summed E-state index contributed by atoms with van der Waals surface area (Å²) < 4.78 is 38.6. The van der Waals surface area contributed by atoms with Crippen LogP contribution in [0.1, 0.15) is 26.7 Å². The normalized spacial score (nSPS) is 17.3. The predicted molar refractivity (Wildman–Crippen MR) is 126 cm³/mol. The van der Waals surface area contributed by atoms with E-state index in [4.69, 9.17) is 0 Å². The molecule has 2 rings (SSSR count). The number of aliphatic imine (C=N–C) groups is 1. The molecule has 11 heteroatoms. The van der Waals surface area contributed by atoms with Crippen molar-refractivity contribution >= 4 is 45.8 Å². The lowest BCUT2D eigenvalue weighted by Gasteiger charge is -2.20. The van der Waals surface area contributed by atoms with Crippen LogP contribution in [0.4, 0.5) is 10.2 Å². The maximum atomic E-state index is 13.9. The van der Waals surface area contributed by atoms with Crippen LogP contribution in [0.3, 0.4) is 0 Å². The smallest absolute Gasteiger partial charge is 0.211 e. The van der Waals surface area contributed by atoms with Crippen LogP contribution in [0.5, 0.6) is 0 Å². The number of nitrogens with zero attached hydrogens (tertiary/aromatic N) is 4. The highest BCUT2D eigenvalue weighted by Crippen LogP contribution is 2.20. The van der Waals surface area contributed by atoms with Crippen molar-refractivity contribution in [3.8, 4) is 0 Å². The van der Waals surface area contributed by atoms with E-state index < -0.39 is 10.0 Å². The highest BCUT2D eigenvalue weighted by atomic mass is 127. The van der Waals surface area contributed by atoms with Crippen molar-refractivity contribution in [1.82, 2.24) is 19.9 Å². The van der Waals surface area contributed by atoms with Gasteiger partial charge in [0.25, 0.3) is 0 Å². The second-order valence-electron chi connectivity index (χ2n) is 6.75. The summed E-state index contributed by atoms with van der Waals surface area (Å²) in [6.45, 7) is 7.35. The summed E-state index contributed by atoms with van der Waals surface area (Å²) in [5.74, 6) is 0.766. The van der Waals surface area contributed by atoms with Crippen molar-refractivity contribution in [1.29, 1.82) is 0 Å². The lowest BCUT2D eigenvalue weighted by Crippen LogP contribution is -2.44. The van der Waals surface area contributed by atoms with Crippen LogP contribution in [-0.2, 0) is 10.0 Å². The minimum Gasteiger partial charge on any atom is -0.357 e. The summed E-state index contributed by atoms with van der Waals surface area (Å²) in [4.78, 5) is 10.6. The number of anilines is 1. The van der Waals surface area contributed by atoms with Gasteiger partial charge in [-0.05, 0) is 31.9 Å². The number of nitrogens with one attached hydrogen (secondary N) is 2. The topological polar surface area (TPSA) is 89.9 Å². The quantitative estimate of drug-likeness (QED) is 0.214. The molecule has 0 aliphatic carbocycles. The predicted octanol–water partition coefficient (Wildman–Crippen LogP) is 1.64. The molecule has 0 bridgehead atoms. The highest BCUT2D eigenvalue weighted by molar-refractivity contribution is 14.0. The van der Waals surface area contributed by atoms with Crippen LogP contribution < -0.4 is 15.5 Å². The number of rotatable bonds is 9. The SMILES string of the molecule is CCNC(=NCCCN(CC)S(C)(=O)=O)NC1CCN(c2ncccc2F)C1.I. The summed E-state index contributed by atoms with van der Waals surface area (Å²) >= 11 is 0. The molecular formula is C18H32FIN6O2S. The fourth-order valence-corrected chi connectivity index (χ4v) is 4.12. The lowest BCUT2D eigenvalue weighted by atomic mass is 10.3. The largest absolute Gasteiger partial charge is 0.357 e. The van der Waals surface area contributed by atoms with Crippen molar-refractivity contribution in [2.24, 2.45) is 4.99 Å². The highest BCUT2D eigenvalue weighted by Gasteiger charge is 2.25. The molecule has 8 nitrogen and oxygen atoms in total. The third kappa shape index (κ3) is 8.21. The zero-order valence-corrected chi connectivity index (χ0v) is 20.4. The van der Waals surface area contributed by atoms with E-state index in [9.17, 15) is 12.8 Å². The van der Waals surface area contributed by atoms with Crippen molar-refractivity contribution < 1.29 is 12.8 Å². The second kappa shape index (κ2) is 12.5. The minimum absolute atomic E-state index is 0. The van der Waals surface area contributed by atoms with Crippen LogP contribution in [-0.4, -0.2) is 75.2 Å². The van der Waals surface area contributed by atoms with E-state index in [1.165, 1.54) is 16.6 Å². The van der Waals surface area contributed by atoms with Crippen molar-refractivity contribution in [3.05, 3.63) is 24.1 Å². The molecule has 0 saturated carbocycles. The first-order chi connectivity index (χ1) is 13.3. The maximum Gasteiger partial charge on any atom is 0.211 e. The van der Waals surface area contributed by atoms with Gasteiger partial charge in [-0.2, -0.15) is 0 Å². The summed E-state index contributed by atoms with van der Waals surface area (Å²) in [6, 6.07) is 3.15. The van der Waals surface area contributed by atoms with E-state index in [-0.39, 0.29) is 35.8 Å². The Morgan fingerprint density at radius 2 is 2.21 bits per heavy atom. The van der Waals surface area contributed by atoms with Gasteiger partial charge in [0, 0.05) is 51.5 Å². The fourth-order valence-electron chi connectivity index (χ4n) is 3.19. The molecule has 1 aliphatic rings. The molecule has 0 amide bonds. The van der Waals surface area contributed by atoms with Crippen LogP contribution in [0.15, 0.2) is 23.3 Å². The zero-order valence-electron chi connectivity index (χ0n) is 17.3. The molecule has 1 aliphatic heterocycles. The van der Waals surface area contributed by atoms with Crippen LogP contribution >= 0.6 is 24.0 Å². The first kappa shape index (κ1) is 25.8. The zero-order chi connectivity index (χ0) is 20.6. The molecule has 2 heterocycles. The standard InChI is InChI=1S/C18H31FN6O2S.HI/c1-4-20-18(22-11-7-12-25(5-2)28(3,26)27)23-15-9-13-24(14-15)17-16(19)8-6-10-21-17;/h6,8,10,15H,4-5,7,9,11-14H2,1-3H3,(H2,20,22,23);1H. The second-order valence-corrected chi connectivity index (χ2v) is 8.74. The molecule has 29 heavy (non-hydrogen) atoms. The molecule has 1 atom stereocenters. The van der Waals surface area contributed by atoms with E-state index in [2.05, 4.69) is 20.6 Å². The number of sulfonamides is 1. The average Bonchev–Trinajstić information content (AvgIpc) is 3.09. The van der Waals surface area contributed by atoms with Gasteiger partial charge in [-0.25, -0.2) is 22.1 Å². The number of hydrogen-bond donors (Lipinski definition) is 2. The summed E-state index contributed by atoms with van der Waals surface area (Å²) in [5.41, 5.74) is 0. The Balaban J connectivity index is 0.00000420. The number of aromatic nitrogens is 1. The van der Waals surface area contributed by atoms with Crippen LogP contribution in [0, 0.1) is 5.82 Å². The Morgan fingerprint density at radius 1 is 1.45 bits per heavy atom. The van der Waals surface area contributed by atoms with Gasteiger partial charge in [0.15, 0.2) is 17.6 Å². The molecule has 1 saturated heterocycles. The van der Waals surface area contributed by atoms with Gasteiger partial charge >= 0.3 is 0 Å². The van der Waals surface area contributed by atoms with Crippen LogP contribution in [0.25, 0.3) is 0 Å². The first-order valence-corrected chi connectivity index (χ1v) is 11.5. The van der Waals surface area contributed by atoms with Gasteiger partial charge in [0.2, 0.25) is 10.0 Å². The Bertz CT molecular complexity index is 764. The van der Waals surface area contributed by atoms with E-state index in [1.807, 2.05) is 18.7 Å². The Morgan fingerprint density at radius 3 is 2.83 bits per heavy atom. The third-order valence-corrected chi connectivity index (χ3v) is 5.95. The molecule has 1 aromatic heterocycles. The summed E-state index contributed by atoms with van der Waals surface area (Å²) in [5, 5.41) is 6.59. The number of pyridine rings is 1. The number of hydrogen-bond acceptors (Lipinski definition) is 5. The average molecular weight is 542 g/mol. The van der Waals surface area contributed by atoms with E-state index >= 15 is 0 Å².